The molecule has 0 fully saturated rings. The second-order valence-electron chi connectivity index (χ2n) is 4.90. The van der Waals surface area contributed by atoms with Gasteiger partial charge in [-0.2, -0.15) is 0 Å². The van der Waals surface area contributed by atoms with Gasteiger partial charge in [-0.15, -0.1) is 0 Å². The molecule has 3 aromatic rings. The predicted octanol–water partition coefficient (Wildman–Crippen LogP) is 5.49. The summed E-state index contributed by atoms with van der Waals surface area (Å²) in [6.45, 7) is 0. The van der Waals surface area contributed by atoms with Gasteiger partial charge in [0.05, 0.1) is 0 Å². The molecule has 0 spiro atoms. The lowest BCUT2D eigenvalue weighted by atomic mass is 10.2. The first-order chi connectivity index (χ1) is 11.2. The molecule has 3 nitrogen and oxygen atoms in total. The third-order valence-corrected chi connectivity index (χ3v) is 3.73. The number of para-hydroxylation sites is 1. The second-order valence-corrected chi connectivity index (χ2v) is 5.82. The Balaban J connectivity index is 1.66. The number of ether oxygens (including phenoxy) is 1. The van der Waals surface area contributed by atoms with E-state index in [1.54, 1.807) is 24.3 Å². The van der Waals surface area contributed by atoms with E-state index >= 15 is 0 Å². The lowest BCUT2D eigenvalue weighted by Gasteiger charge is -2.08. The van der Waals surface area contributed by atoms with E-state index < -0.39 is 0 Å². The summed E-state index contributed by atoms with van der Waals surface area (Å²) in [6, 6.07) is 24.0. The van der Waals surface area contributed by atoms with Crippen molar-refractivity contribution in [3.05, 3.63) is 88.9 Å². The number of amides is 1. The van der Waals surface area contributed by atoms with Crippen LogP contribution in [0.15, 0.2) is 83.3 Å². The number of halogens is 1. The maximum Gasteiger partial charge on any atom is 0.255 e. The van der Waals surface area contributed by atoms with Crippen molar-refractivity contribution in [2.24, 2.45) is 0 Å². The van der Waals surface area contributed by atoms with Crippen molar-refractivity contribution >= 4 is 27.5 Å². The van der Waals surface area contributed by atoms with Crippen molar-refractivity contribution in [1.29, 1.82) is 0 Å². The highest BCUT2D eigenvalue weighted by Crippen LogP contribution is 2.21. The highest BCUT2D eigenvalue weighted by molar-refractivity contribution is 9.10. The Morgan fingerprint density at radius 1 is 0.783 bits per heavy atom. The van der Waals surface area contributed by atoms with E-state index in [4.69, 9.17) is 4.74 Å². The summed E-state index contributed by atoms with van der Waals surface area (Å²) in [5.41, 5.74) is 1.33. The quantitative estimate of drug-likeness (QED) is 0.661. The highest BCUT2D eigenvalue weighted by Gasteiger charge is 2.06. The minimum absolute atomic E-state index is 0.154. The van der Waals surface area contributed by atoms with Gasteiger partial charge >= 0.3 is 0 Å². The van der Waals surface area contributed by atoms with Crippen LogP contribution in [0.25, 0.3) is 0 Å². The molecule has 0 saturated heterocycles. The van der Waals surface area contributed by atoms with Crippen LogP contribution in [0.1, 0.15) is 10.4 Å². The topological polar surface area (TPSA) is 38.3 Å². The third-order valence-electron chi connectivity index (χ3n) is 3.20. The van der Waals surface area contributed by atoms with Crippen LogP contribution in [0.2, 0.25) is 0 Å². The van der Waals surface area contributed by atoms with Gasteiger partial charge in [-0.25, -0.2) is 0 Å². The Labute approximate surface area is 143 Å². The number of carbonyl (C=O) groups is 1. The number of nitrogens with one attached hydrogen (secondary N) is 1. The maximum absolute atomic E-state index is 12.2. The first-order valence-corrected chi connectivity index (χ1v) is 7.90. The number of hydrogen-bond donors (Lipinski definition) is 1. The number of rotatable bonds is 4. The van der Waals surface area contributed by atoms with Crippen LogP contribution < -0.4 is 10.1 Å². The van der Waals surface area contributed by atoms with Gasteiger partial charge in [0.2, 0.25) is 0 Å². The summed E-state index contributed by atoms with van der Waals surface area (Å²) in [5, 5.41) is 2.85. The SMILES string of the molecule is O=C(Nc1ccc(Br)cc1)c1ccc(Oc2ccccc2)cc1. The van der Waals surface area contributed by atoms with Gasteiger partial charge in [-0.05, 0) is 60.7 Å². The first kappa shape index (κ1) is 15.3. The zero-order valence-electron chi connectivity index (χ0n) is 12.2. The van der Waals surface area contributed by atoms with Gasteiger partial charge in [-0.3, -0.25) is 4.79 Å². The normalized spacial score (nSPS) is 10.1. The molecular weight excluding hydrogens is 354 g/mol. The van der Waals surface area contributed by atoms with E-state index in [2.05, 4.69) is 21.2 Å². The zero-order valence-corrected chi connectivity index (χ0v) is 13.8. The van der Waals surface area contributed by atoms with Crippen LogP contribution in [0, 0.1) is 0 Å². The average Bonchev–Trinajstić information content (AvgIpc) is 2.58. The van der Waals surface area contributed by atoms with E-state index in [1.807, 2.05) is 54.6 Å². The van der Waals surface area contributed by atoms with Crippen molar-refractivity contribution in [2.75, 3.05) is 5.32 Å². The van der Waals surface area contributed by atoms with Gasteiger partial charge in [0.1, 0.15) is 11.5 Å². The van der Waals surface area contributed by atoms with E-state index in [-0.39, 0.29) is 5.91 Å². The van der Waals surface area contributed by atoms with Crippen molar-refractivity contribution in [2.45, 2.75) is 0 Å². The Bertz CT molecular complexity index is 784. The number of hydrogen-bond acceptors (Lipinski definition) is 2. The molecule has 0 aliphatic heterocycles. The van der Waals surface area contributed by atoms with Crippen LogP contribution in [-0.4, -0.2) is 5.91 Å². The molecule has 0 aliphatic carbocycles. The largest absolute Gasteiger partial charge is 0.457 e. The van der Waals surface area contributed by atoms with Crippen LogP contribution in [0.3, 0.4) is 0 Å². The number of carbonyl (C=O) groups excluding carboxylic acids is 1. The van der Waals surface area contributed by atoms with Crippen LogP contribution >= 0.6 is 15.9 Å². The lowest BCUT2D eigenvalue weighted by molar-refractivity contribution is 0.102. The summed E-state index contributed by atoms with van der Waals surface area (Å²) >= 11 is 3.37. The predicted molar refractivity (Wildman–Crippen MR) is 95.1 cm³/mol. The van der Waals surface area contributed by atoms with Gasteiger partial charge < -0.3 is 10.1 Å². The minimum atomic E-state index is -0.154. The molecule has 0 aromatic heterocycles. The molecule has 23 heavy (non-hydrogen) atoms. The standard InChI is InChI=1S/C19H14BrNO2/c20-15-8-10-16(11-9-15)21-19(22)14-6-12-18(13-7-14)23-17-4-2-1-3-5-17/h1-13H,(H,21,22). The van der Waals surface area contributed by atoms with E-state index in [0.717, 1.165) is 15.9 Å². The fraction of sp³-hybridized carbons (Fsp3) is 0. The van der Waals surface area contributed by atoms with Gasteiger partial charge in [0.15, 0.2) is 0 Å². The number of anilines is 1. The summed E-state index contributed by atoms with van der Waals surface area (Å²) < 4.78 is 6.68. The Hall–Kier alpha value is -2.59. The molecule has 114 valence electrons. The van der Waals surface area contributed by atoms with Crippen molar-refractivity contribution < 1.29 is 9.53 Å². The monoisotopic (exact) mass is 367 g/mol. The molecule has 3 aromatic carbocycles. The summed E-state index contributed by atoms with van der Waals surface area (Å²) in [7, 11) is 0. The second kappa shape index (κ2) is 7.11. The average molecular weight is 368 g/mol. The maximum atomic E-state index is 12.2. The zero-order chi connectivity index (χ0) is 16.1. The summed E-state index contributed by atoms with van der Waals surface area (Å²) in [5.74, 6) is 1.30. The Morgan fingerprint density at radius 2 is 1.39 bits per heavy atom. The van der Waals surface area contributed by atoms with Gasteiger partial charge in [0, 0.05) is 15.7 Å². The van der Waals surface area contributed by atoms with E-state index in [0.29, 0.717) is 11.3 Å². The fourth-order valence-corrected chi connectivity index (χ4v) is 2.30. The minimum Gasteiger partial charge on any atom is -0.457 e. The molecule has 0 bridgehead atoms. The first-order valence-electron chi connectivity index (χ1n) is 7.10. The molecular formula is C19H14BrNO2. The molecule has 0 atom stereocenters. The summed E-state index contributed by atoms with van der Waals surface area (Å²) in [6.07, 6.45) is 0. The van der Waals surface area contributed by atoms with Gasteiger partial charge in [-0.1, -0.05) is 34.1 Å². The van der Waals surface area contributed by atoms with Crippen molar-refractivity contribution in [1.82, 2.24) is 0 Å². The fourth-order valence-electron chi connectivity index (χ4n) is 2.04. The molecule has 3 rings (SSSR count). The molecule has 1 amide bonds. The van der Waals surface area contributed by atoms with E-state index in [9.17, 15) is 4.79 Å². The van der Waals surface area contributed by atoms with Crippen LogP contribution in [0.4, 0.5) is 5.69 Å². The molecule has 0 aliphatic rings. The van der Waals surface area contributed by atoms with Crippen molar-refractivity contribution in [3.63, 3.8) is 0 Å². The number of benzene rings is 3. The molecule has 4 heteroatoms. The molecule has 0 heterocycles. The molecule has 0 saturated carbocycles. The Morgan fingerprint density at radius 3 is 2.04 bits per heavy atom. The van der Waals surface area contributed by atoms with Crippen LogP contribution in [-0.2, 0) is 0 Å². The highest BCUT2D eigenvalue weighted by atomic mass is 79.9. The Kier molecular flexibility index (Phi) is 4.74. The molecule has 1 N–H and O–H groups in total. The summed E-state index contributed by atoms with van der Waals surface area (Å²) in [4.78, 5) is 12.2. The van der Waals surface area contributed by atoms with Crippen molar-refractivity contribution in [3.8, 4) is 11.5 Å². The van der Waals surface area contributed by atoms with Gasteiger partial charge in [0.25, 0.3) is 5.91 Å². The lowest BCUT2D eigenvalue weighted by Crippen LogP contribution is -2.11. The molecule has 0 unspecified atom stereocenters. The third kappa shape index (κ3) is 4.20. The smallest absolute Gasteiger partial charge is 0.255 e. The molecule has 0 radical (unpaired) electrons. The van der Waals surface area contributed by atoms with E-state index in [1.165, 1.54) is 0 Å². The van der Waals surface area contributed by atoms with Crippen LogP contribution in [0.5, 0.6) is 11.5 Å².